The fourth-order valence-electron chi connectivity index (χ4n) is 2.08. The molecule has 1 atom stereocenters. The van der Waals surface area contributed by atoms with Gasteiger partial charge in [0.2, 0.25) is 0 Å². The molecule has 1 aliphatic heterocycles. The predicted molar refractivity (Wildman–Crippen MR) is 63.8 cm³/mol. The molecular weight excluding hydrogens is 226 g/mol. The Morgan fingerprint density at radius 1 is 1.56 bits per heavy atom. The molecule has 2 N–H and O–H groups in total. The van der Waals surface area contributed by atoms with E-state index in [1.807, 2.05) is 6.92 Å². The molecular formula is C11H16ClN3O. The summed E-state index contributed by atoms with van der Waals surface area (Å²) >= 11 is 6.03. The summed E-state index contributed by atoms with van der Waals surface area (Å²) < 4.78 is 1.74. The van der Waals surface area contributed by atoms with Gasteiger partial charge < -0.3 is 5.73 Å². The first-order valence-corrected chi connectivity index (χ1v) is 6.01. The first-order valence-electron chi connectivity index (χ1n) is 5.63. The highest BCUT2D eigenvalue weighted by molar-refractivity contribution is 6.30. The quantitative estimate of drug-likeness (QED) is 0.790. The first-order chi connectivity index (χ1) is 7.59. The fourth-order valence-corrected chi connectivity index (χ4v) is 2.33. The zero-order chi connectivity index (χ0) is 11.7. The van der Waals surface area contributed by atoms with Crippen LogP contribution < -0.4 is 11.3 Å². The van der Waals surface area contributed by atoms with Crippen molar-refractivity contribution in [1.82, 2.24) is 9.55 Å². The van der Waals surface area contributed by atoms with Crippen molar-refractivity contribution >= 4 is 11.6 Å². The van der Waals surface area contributed by atoms with Gasteiger partial charge in [-0.3, -0.25) is 9.36 Å². The standard InChI is InChI=1S/C11H16ClN3O/c1-7(13)6-8-10(12)14-9-4-2-3-5-15(9)11(8)16/h7H,2-6,13H2,1H3. The molecule has 16 heavy (non-hydrogen) atoms. The Labute approximate surface area is 99.4 Å². The van der Waals surface area contributed by atoms with E-state index in [1.165, 1.54) is 0 Å². The highest BCUT2D eigenvalue weighted by Gasteiger charge is 2.18. The summed E-state index contributed by atoms with van der Waals surface area (Å²) in [5, 5.41) is 0.329. The molecule has 1 aliphatic rings. The Morgan fingerprint density at radius 3 is 3.00 bits per heavy atom. The lowest BCUT2D eigenvalue weighted by Gasteiger charge is -2.19. The largest absolute Gasteiger partial charge is 0.328 e. The van der Waals surface area contributed by atoms with Crippen LogP contribution in [0.2, 0.25) is 5.15 Å². The molecule has 0 aromatic carbocycles. The van der Waals surface area contributed by atoms with Crippen LogP contribution in [0.25, 0.3) is 0 Å². The number of aryl methyl sites for hydroxylation is 1. The molecule has 0 radical (unpaired) electrons. The van der Waals surface area contributed by atoms with Gasteiger partial charge >= 0.3 is 0 Å². The molecule has 1 aromatic heterocycles. The molecule has 1 aromatic rings. The minimum absolute atomic E-state index is 0.00741. The smallest absolute Gasteiger partial charge is 0.258 e. The summed E-state index contributed by atoms with van der Waals surface area (Å²) in [4.78, 5) is 16.5. The minimum atomic E-state index is -0.0748. The Balaban J connectivity index is 2.50. The molecule has 0 saturated heterocycles. The summed E-state index contributed by atoms with van der Waals surface area (Å²) in [5.41, 5.74) is 6.25. The average Bonchev–Trinajstić information content (AvgIpc) is 2.24. The zero-order valence-corrected chi connectivity index (χ0v) is 10.1. The van der Waals surface area contributed by atoms with E-state index in [4.69, 9.17) is 17.3 Å². The Bertz CT molecular complexity index is 453. The molecule has 0 aliphatic carbocycles. The molecule has 88 valence electrons. The summed E-state index contributed by atoms with van der Waals surface area (Å²) in [6.07, 6.45) is 3.45. The lowest BCUT2D eigenvalue weighted by molar-refractivity contribution is 0.490. The third kappa shape index (κ3) is 2.13. The van der Waals surface area contributed by atoms with Gasteiger partial charge in [-0.25, -0.2) is 4.98 Å². The maximum absolute atomic E-state index is 12.2. The lowest BCUT2D eigenvalue weighted by Crippen LogP contribution is -2.33. The van der Waals surface area contributed by atoms with Crippen molar-refractivity contribution in [3.63, 3.8) is 0 Å². The number of hydrogen-bond acceptors (Lipinski definition) is 3. The van der Waals surface area contributed by atoms with E-state index >= 15 is 0 Å². The van der Waals surface area contributed by atoms with Crippen molar-refractivity contribution in [2.45, 2.75) is 45.2 Å². The monoisotopic (exact) mass is 241 g/mol. The van der Waals surface area contributed by atoms with Gasteiger partial charge in [-0.05, 0) is 26.2 Å². The molecule has 1 unspecified atom stereocenters. The zero-order valence-electron chi connectivity index (χ0n) is 9.37. The summed E-state index contributed by atoms with van der Waals surface area (Å²) in [7, 11) is 0. The van der Waals surface area contributed by atoms with Crippen LogP contribution in [0.5, 0.6) is 0 Å². The van der Waals surface area contributed by atoms with Gasteiger partial charge in [-0.2, -0.15) is 0 Å². The second kappa shape index (κ2) is 4.55. The van der Waals surface area contributed by atoms with E-state index < -0.39 is 0 Å². The Morgan fingerprint density at radius 2 is 2.31 bits per heavy atom. The molecule has 4 nitrogen and oxygen atoms in total. The maximum Gasteiger partial charge on any atom is 0.258 e. The van der Waals surface area contributed by atoms with Gasteiger partial charge in [0.25, 0.3) is 5.56 Å². The number of aromatic nitrogens is 2. The molecule has 0 amide bonds. The molecule has 0 fully saturated rings. The molecule has 0 spiro atoms. The van der Waals surface area contributed by atoms with E-state index in [2.05, 4.69) is 4.98 Å². The van der Waals surface area contributed by atoms with Crippen molar-refractivity contribution in [3.8, 4) is 0 Å². The van der Waals surface area contributed by atoms with E-state index in [1.54, 1.807) is 4.57 Å². The van der Waals surface area contributed by atoms with Crippen LogP contribution >= 0.6 is 11.6 Å². The third-order valence-electron chi connectivity index (χ3n) is 2.85. The number of nitrogens with zero attached hydrogens (tertiary/aromatic N) is 2. The van der Waals surface area contributed by atoms with Crippen LogP contribution in [0.4, 0.5) is 0 Å². The summed E-state index contributed by atoms with van der Waals surface area (Å²) in [5.74, 6) is 0.815. The van der Waals surface area contributed by atoms with Gasteiger partial charge in [0, 0.05) is 19.0 Å². The third-order valence-corrected chi connectivity index (χ3v) is 3.16. The fraction of sp³-hybridized carbons (Fsp3) is 0.636. The SMILES string of the molecule is CC(N)Cc1c(Cl)nc2n(c1=O)CCCC2. The van der Waals surface area contributed by atoms with Crippen LogP contribution in [0.15, 0.2) is 4.79 Å². The first kappa shape index (κ1) is 11.6. The molecule has 2 rings (SSSR count). The van der Waals surface area contributed by atoms with E-state index in [0.717, 1.165) is 31.6 Å². The molecule has 0 bridgehead atoms. The second-order valence-electron chi connectivity index (χ2n) is 4.39. The van der Waals surface area contributed by atoms with Crippen molar-refractivity contribution in [2.75, 3.05) is 0 Å². The normalized spacial score (nSPS) is 16.9. The van der Waals surface area contributed by atoms with Crippen LogP contribution in [0, 0.1) is 0 Å². The maximum atomic E-state index is 12.2. The number of fused-ring (bicyclic) bond motifs is 1. The highest BCUT2D eigenvalue weighted by Crippen LogP contribution is 2.16. The number of nitrogens with two attached hydrogens (primary N) is 1. The van der Waals surface area contributed by atoms with Gasteiger partial charge in [-0.15, -0.1) is 0 Å². The summed E-state index contributed by atoms with van der Waals surface area (Å²) in [6, 6.07) is -0.0748. The number of halogens is 1. The van der Waals surface area contributed by atoms with Crippen LogP contribution in [-0.4, -0.2) is 15.6 Å². The van der Waals surface area contributed by atoms with Crippen molar-refractivity contribution in [2.24, 2.45) is 5.73 Å². The number of hydrogen-bond donors (Lipinski definition) is 1. The second-order valence-corrected chi connectivity index (χ2v) is 4.75. The van der Waals surface area contributed by atoms with Gasteiger partial charge in [0.1, 0.15) is 11.0 Å². The topological polar surface area (TPSA) is 60.9 Å². The van der Waals surface area contributed by atoms with Crippen LogP contribution in [0.3, 0.4) is 0 Å². The van der Waals surface area contributed by atoms with Crippen molar-refractivity contribution in [3.05, 3.63) is 26.9 Å². The Hall–Kier alpha value is -0.870. The highest BCUT2D eigenvalue weighted by atomic mass is 35.5. The minimum Gasteiger partial charge on any atom is -0.328 e. The average molecular weight is 242 g/mol. The number of rotatable bonds is 2. The lowest BCUT2D eigenvalue weighted by atomic mass is 10.1. The molecule has 0 saturated carbocycles. The van der Waals surface area contributed by atoms with E-state index in [-0.39, 0.29) is 11.6 Å². The van der Waals surface area contributed by atoms with Gasteiger partial charge in [-0.1, -0.05) is 11.6 Å². The van der Waals surface area contributed by atoms with Crippen molar-refractivity contribution in [1.29, 1.82) is 0 Å². The van der Waals surface area contributed by atoms with Crippen molar-refractivity contribution < 1.29 is 0 Å². The molecule has 2 heterocycles. The van der Waals surface area contributed by atoms with Crippen LogP contribution in [0.1, 0.15) is 31.2 Å². The predicted octanol–water partition coefficient (Wildman–Crippen LogP) is 1.12. The van der Waals surface area contributed by atoms with Crippen LogP contribution in [-0.2, 0) is 19.4 Å². The van der Waals surface area contributed by atoms with E-state index in [9.17, 15) is 4.79 Å². The van der Waals surface area contributed by atoms with E-state index in [0.29, 0.717) is 17.1 Å². The summed E-state index contributed by atoms with van der Waals surface area (Å²) in [6.45, 7) is 2.62. The molecule has 5 heteroatoms. The van der Waals surface area contributed by atoms with Gasteiger partial charge in [0.05, 0.1) is 5.56 Å². The Kier molecular flexibility index (Phi) is 3.30. The van der Waals surface area contributed by atoms with Gasteiger partial charge in [0.15, 0.2) is 0 Å².